The Morgan fingerprint density at radius 2 is 2.17 bits per heavy atom. The minimum absolute atomic E-state index is 0.171. The average molecular weight is 256 g/mol. The minimum Gasteiger partial charge on any atom is -0.480 e. The molecule has 6 heteroatoms. The Hall–Kier alpha value is -1.69. The normalized spacial score (nSPS) is 21.1. The van der Waals surface area contributed by atoms with Gasteiger partial charge in [-0.2, -0.15) is 0 Å². The molecule has 98 valence electrons. The summed E-state index contributed by atoms with van der Waals surface area (Å²) < 4.78 is 25.9. The molecule has 1 aromatic carbocycles. The monoisotopic (exact) mass is 256 g/mol. The molecule has 0 spiro atoms. The number of carboxylic acid groups (broad SMARTS) is 1. The van der Waals surface area contributed by atoms with Gasteiger partial charge in [0.05, 0.1) is 0 Å². The predicted octanol–water partition coefficient (Wildman–Crippen LogP) is 1.20. The Morgan fingerprint density at radius 1 is 1.44 bits per heavy atom. The molecule has 2 atom stereocenters. The van der Waals surface area contributed by atoms with Gasteiger partial charge in [-0.25, -0.2) is 8.78 Å². The van der Waals surface area contributed by atoms with E-state index in [1.165, 1.54) is 6.07 Å². The van der Waals surface area contributed by atoms with Crippen LogP contribution in [-0.2, 0) is 4.79 Å². The van der Waals surface area contributed by atoms with Crippen LogP contribution in [0.15, 0.2) is 18.2 Å². The number of anilines is 1. The molecule has 0 saturated carbocycles. The summed E-state index contributed by atoms with van der Waals surface area (Å²) in [5.41, 5.74) is 6.11. The van der Waals surface area contributed by atoms with Crippen molar-refractivity contribution in [1.29, 1.82) is 0 Å². The summed E-state index contributed by atoms with van der Waals surface area (Å²) in [4.78, 5) is 12.6. The largest absolute Gasteiger partial charge is 0.480 e. The molecule has 2 rings (SSSR count). The second kappa shape index (κ2) is 4.89. The third-order valence-electron chi connectivity index (χ3n) is 3.29. The van der Waals surface area contributed by atoms with Crippen LogP contribution in [0.4, 0.5) is 14.5 Å². The number of hydrogen-bond donors (Lipinski definition) is 2. The molecule has 1 saturated heterocycles. The first kappa shape index (κ1) is 12.8. The van der Waals surface area contributed by atoms with Gasteiger partial charge in [0, 0.05) is 30.8 Å². The molecule has 1 aliphatic rings. The van der Waals surface area contributed by atoms with Crippen molar-refractivity contribution in [2.75, 3.05) is 18.0 Å². The number of hydrogen-bond acceptors (Lipinski definition) is 3. The summed E-state index contributed by atoms with van der Waals surface area (Å²) in [5.74, 6) is -3.00. The van der Waals surface area contributed by atoms with Gasteiger partial charge in [-0.15, -0.1) is 0 Å². The van der Waals surface area contributed by atoms with Crippen LogP contribution in [0.2, 0.25) is 0 Å². The number of aliphatic carboxylic acids is 1. The molecule has 0 aliphatic carbocycles. The number of benzene rings is 1. The van der Waals surface area contributed by atoms with E-state index >= 15 is 0 Å². The van der Waals surface area contributed by atoms with Crippen molar-refractivity contribution in [2.45, 2.75) is 12.5 Å². The highest BCUT2D eigenvalue weighted by Gasteiger charge is 2.31. The van der Waals surface area contributed by atoms with Crippen molar-refractivity contribution < 1.29 is 18.7 Å². The van der Waals surface area contributed by atoms with Crippen LogP contribution in [0.3, 0.4) is 0 Å². The summed E-state index contributed by atoms with van der Waals surface area (Å²) in [6.07, 6.45) is 0.631. The van der Waals surface area contributed by atoms with Crippen LogP contribution in [0.25, 0.3) is 0 Å². The van der Waals surface area contributed by atoms with E-state index in [-0.39, 0.29) is 5.92 Å². The number of rotatable bonds is 3. The lowest BCUT2D eigenvalue weighted by atomic mass is 10.0. The molecule has 2 unspecified atom stereocenters. The highest BCUT2D eigenvalue weighted by Crippen LogP contribution is 2.26. The molecule has 0 bridgehead atoms. The van der Waals surface area contributed by atoms with Gasteiger partial charge < -0.3 is 15.7 Å². The average Bonchev–Trinajstić information content (AvgIpc) is 2.81. The van der Waals surface area contributed by atoms with Crippen molar-refractivity contribution >= 4 is 11.7 Å². The van der Waals surface area contributed by atoms with E-state index in [4.69, 9.17) is 10.8 Å². The number of halogens is 2. The van der Waals surface area contributed by atoms with E-state index in [0.717, 1.165) is 12.1 Å². The molecule has 0 radical (unpaired) electrons. The molecular formula is C12H14F2N2O2. The van der Waals surface area contributed by atoms with Crippen molar-refractivity contribution in [2.24, 2.45) is 11.7 Å². The first-order chi connectivity index (χ1) is 8.49. The maximum Gasteiger partial charge on any atom is 0.320 e. The molecule has 1 aliphatic heterocycles. The number of nitrogens with two attached hydrogens (primary N) is 1. The Balaban J connectivity index is 2.08. The summed E-state index contributed by atoms with van der Waals surface area (Å²) in [7, 11) is 0. The molecule has 3 N–H and O–H groups in total. The van der Waals surface area contributed by atoms with E-state index in [9.17, 15) is 13.6 Å². The molecule has 1 aromatic rings. The number of carbonyl (C=O) groups is 1. The zero-order valence-electron chi connectivity index (χ0n) is 9.64. The van der Waals surface area contributed by atoms with E-state index in [1.807, 2.05) is 4.90 Å². The van der Waals surface area contributed by atoms with Gasteiger partial charge in [-0.1, -0.05) is 0 Å². The Morgan fingerprint density at radius 3 is 2.78 bits per heavy atom. The highest BCUT2D eigenvalue weighted by molar-refractivity contribution is 5.73. The van der Waals surface area contributed by atoms with Crippen molar-refractivity contribution in [3.8, 4) is 0 Å². The lowest BCUT2D eigenvalue weighted by Crippen LogP contribution is -2.39. The molecule has 18 heavy (non-hydrogen) atoms. The first-order valence-electron chi connectivity index (χ1n) is 5.67. The van der Waals surface area contributed by atoms with Crippen LogP contribution in [-0.4, -0.2) is 30.2 Å². The maximum absolute atomic E-state index is 13.1. The van der Waals surface area contributed by atoms with Crippen LogP contribution in [0, 0.1) is 17.6 Å². The van der Waals surface area contributed by atoms with Gasteiger partial charge in [0.1, 0.15) is 6.04 Å². The molecular weight excluding hydrogens is 242 g/mol. The fraction of sp³-hybridized carbons (Fsp3) is 0.417. The third kappa shape index (κ3) is 2.43. The zero-order valence-corrected chi connectivity index (χ0v) is 9.64. The smallest absolute Gasteiger partial charge is 0.320 e. The predicted molar refractivity (Wildman–Crippen MR) is 62.3 cm³/mol. The van der Waals surface area contributed by atoms with Crippen LogP contribution >= 0.6 is 0 Å². The second-order valence-corrected chi connectivity index (χ2v) is 4.46. The van der Waals surface area contributed by atoms with Crippen LogP contribution in [0.1, 0.15) is 6.42 Å². The molecule has 0 amide bonds. The van der Waals surface area contributed by atoms with E-state index in [0.29, 0.717) is 25.2 Å². The molecule has 1 fully saturated rings. The fourth-order valence-corrected chi connectivity index (χ4v) is 2.20. The first-order valence-corrected chi connectivity index (χ1v) is 5.67. The minimum atomic E-state index is -1.04. The maximum atomic E-state index is 13.1. The summed E-state index contributed by atoms with van der Waals surface area (Å²) in [6.45, 7) is 1.04. The van der Waals surface area contributed by atoms with Crippen LogP contribution < -0.4 is 10.6 Å². The van der Waals surface area contributed by atoms with E-state index in [1.54, 1.807) is 0 Å². The van der Waals surface area contributed by atoms with Gasteiger partial charge in [0.25, 0.3) is 0 Å². The lowest BCUT2D eigenvalue weighted by Gasteiger charge is -2.20. The number of carboxylic acids is 1. The van der Waals surface area contributed by atoms with Crippen LogP contribution in [0.5, 0.6) is 0 Å². The Bertz CT molecular complexity index is 467. The van der Waals surface area contributed by atoms with Crippen molar-refractivity contribution in [3.05, 3.63) is 29.8 Å². The van der Waals surface area contributed by atoms with E-state index in [2.05, 4.69) is 0 Å². The molecule has 0 aromatic heterocycles. The van der Waals surface area contributed by atoms with Gasteiger partial charge >= 0.3 is 5.97 Å². The zero-order chi connectivity index (χ0) is 13.3. The fourth-order valence-electron chi connectivity index (χ4n) is 2.20. The molecule has 4 nitrogen and oxygen atoms in total. The Kier molecular flexibility index (Phi) is 3.47. The second-order valence-electron chi connectivity index (χ2n) is 4.46. The van der Waals surface area contributed by atoms with Gasteiger partial charge in [0.15, 0.2) is 11.6 Å². The third-order valence-corrected chi connectivity index (χ3v) is 3.29. The van der Waals surface area contributed by atoms with Crippen molar-refractivity contribution in [3.63, 3.8) is 0 Å². The van der Waals surface area contributed by atoms with Gasteiger partial charge in [-0.05, 0) is 18.6 Å². The SMILES string of the molecule is NC(C(=O)O)C1CCN(c2ccc(F)c(F)c2)C1. The van der Waals surface area contributed by atoms with Crippen molar-refractivity contribution in [1.82, 2.24) is 0 Å². The lowest BCUT2D eigenvalue weighted by molar-refractivity contribution is -0.139. The summed E-state index contributed by atoms with van der Waals surface area (Å²) in [6, 6.07) is 2.74. The quantitative estimate of drug-likeness (QED) is 0.853. The van der Waals surface area contributed by atoms with Gasteiger partial charge in [0.2, 0.25) is 0 Å². The summed E-state index contributed by atoms with van der Waals surface area (Å²) >= 11 is 0. The van der Waals surface area contributed by atoms with E-state index < -0.39 is 23.6 Å². The highest BCUT2D eigenvalue weighted by atomic mass is 19.2. The standard InChI is InChI=1S/C12H14F2N2O2/c13-9-2-1-8(5-10(9)14)16-4-3-7(6-16)11(15)12(17)18/h1-2,5,7,11H,3-4,6,15H2,(H,17,18). The van der Waals surface area contributed by atoms with Gasteiger partial charge in [-0.3, -0.25) is 4.79 Å². The Labute approximate surface area is 103 Å². The molecule has 1 heterocycles. The number of nitrogens with zero attached hydrogens (tertiary/aromatic N) is 1. The topological polar surface area (TPSA) is 66.6 Å². The summed E-state index contributed by atoms with van der Waals surface area (Å²) in [5, 5.41) is 8.83.